The van der Waals surface area contributed by atoms with Crippen LogP contribution in [0.25, 0.3) is 11.1 Å². The highest BCUT2D eigenvalue weighted by Crippen LogP contribution is 2.34. The van der Waals surface area contributed by atoms with Crippen LogP contribution >= 0.6 is 0 Å². The van der Waals surface area contributed by atoms with Crippen molar-refractivity contribution in [3.8, 4) is 16.9 Å². The van der Waals surface area contributed by atoms with E-state index in [9.17, 15) is 27.2 Å². The average molecular weight is 507 g/mol. The van der Waals surface area contributed by atoms with Crippen molar-refractivity contribution >= 4 is 17.4 Å². The molecule has 0 aliphatic heterocycles. The number of aromatic nitrogens is 1. The normalized spacial score (nSPS) is 11.4. The molecular formula is C25H26F4N4O3. The number of pyridine rings is 1. The van der Waals surface area contributed by atoms with E-state index in [1.54, 1.807) is 25.9 Å². The molecule has 0 unspecified atom stereocenters. The number of halogens is 4. The average Bonchev–Trinajstić information content (AvgIpc) is 2.80. The first kappa shape index (κ1) is 26.7. The van der Waals surface area contributed by atoms with E-state index in [-0.39, 0.29) is 35.7 Å². The Morgan fingerprint density at radius 3 is 2.44 bits per heavy atom. The van der Waals surface area contributed by atoms with Crippen molar-refractivity contribution in [2.45, 2.75) is 19.5 Å². The number of likely N-dealkylation sites (N-methyl/N-ethyl adjacent to an activating group) is 1. The third-order valence-corrected chi connectivity index (χ3v) is 5.22. The van der Waals surface area contributed by atoms with Crippen LogP contribution in [-0.2, 0) is 12.6 Å². The van der Waals surface area contributed by atoms with Crippen molar-refractivity contribution in [1.82, 2.24) is 9.88 Å². The quantitative estimate of drug-likeness (QED) is 0.360. The number of anilines is 2. The molecule has 0 bridgehead atoms. The van der Waals surface area contributed by atoms with Gasteiger partial charge in [-0.25, -0.2) is 9.18 Å². The standard InChI is InChI=1S/C25H26F4N4O3/c1-4-36-22-12-17(14-30-23(22)34)16-6-8-21(20(26)11-16)32-24(35)31-18-7-5-15(9-10-33(2)3)19(13-18)25(27,28)29/h5-8,11-14H,4,9-10H2,1-3H3,(H,30,34)(H2,31,32,35). The lowest BCUT2D eigenvalue weighted by Gasteiger charge is -2.17. The first-order valence-electron chi connectivity index (χ1n) is 11.1. The lowest BCUT2D eigenvalue weighted by atomic mass is 10.0. The molecule has 0 fully saturated rings. The Kier molecular flexibility index (Phi) is 8.36. The largest absolute Gasteiger partial charge is 0.488 e. The molecule has 7 nitrogen and oxygen atoms in total. The Bertz CT molecular complexity index is 1290. The molecule has 3 N–H and O–H groups in total. The van der Waals surface area contributed by atoms with E-state index >= 15 is 0 Å². The number of benzene rings is 2. The molecule has 36 heavy (non-hydrogen) atoms. The van der Waals surface area contributed by atoms with E-state index in [1.165, 1.54) is 36.5 Å². The summed E-state index contributed by atoms with van der Waals surface area (Å²) >= 11 is 0. The van der Waals surface area contributed by atoms with Crippen LogP contribution in [0.4, 0.5) is 33.7 Å². The molecule has 1 heterocycles. The number of alkyl halides is 3. The Hall–Kier alpha value is -3.86. The van der Waals surface area contributed by atoms with Crippen LogP contribution in [-0.4, -0.2) is 43.2 Å². The number of aromatic amines is 1. The third-order valence-electron chi connectivity index (χ3n) is 5.22. The van der Waals surface area contributed by atoms with Gasteiger partial charge in [0, 0.05) is 24.0 Å². The highest BCUT2D eigenvalue weighted by molar-refractivity contribution is 6.00. The summed E-state index contributed by atoms with van der Waals surface area (Å²) in [5.74, 6) is -0.690. The maximum Gasteiger partial charge on any atom is 0.416 e. The van der Waals surface area contributed by atoms with E-state index in [0.29, 0.717) is 17.7 Å². The predicted molar refractivity (Wildman–Crippen MR) is 130 cm³/mol. The van der Waals surface area contributed by atoms with Crippen LogP contribution in [0.1, 0.15) is 18.1 Å². The van der Waals surface area contributed by atoms with Crippen molar-refractivity contribution in [3.05, 3.63) is 76.0 Å². The molecule has 0 spiro atoms. The number of nitrogens with one attached hydrogen (secondary N) is 3. The molecule has 0 saturated carbocycles. The summed E-state index contributed by atoms with van der Waals surface area (Å²) in [6, 6.07) is 8.08. The van der Waals surface area contributed by atoms with Gasteiger partial charge in [0.15, 0.2) is 5.75 Å². The van der Waals surface area contributed by atoms with Crippen molar-refractivity contribution in [2.75, 3.05) is 37.9 Å². The molecule has 1 aromatic heterocycles. The van der Waals surface area contributed by atoms with Crippen molar-refractivity contribution < 1.29 is 27.1 Å². The maximum absolute atomic E-state index is 14.7. The van der Waals surface area contributed by atoms with E-state index in [1.807, 2.05) is 0 Å². The van der Waals surface area contributed by atoms with Crippen LogP contribution in [0.5, 0.6) is 5.75 Å². The number of urea groups is 1. The lowest BCUT2D eigenvalue weighted by molar-refractivity contribution is -0.138. The second-order valence-electron chi connectivity index (χ2n) is 8.21. The van der Waals surface area contributed by atoms with Gasteiger partial charge in [0.25, 0.3) is 5.56 Å². The summed E-state index contributed by atoms with van der Waals surface area (Å²) in [5.41, 5.74) is -0.508. The Labute approximate surface area is 205 Å². The number of amides is 2. The second-order valence-corrected chi connectivity index (χ2v) is 8.21. The number of nitrogens with zero attached hydrogens (tertiary/aromatic N) is 1. The molecule has 192 valence electrons. The second kappa shape index (κ2) is 11.3. The molecule has 0 radical (unpaired) electrons. The van der Waals surface area contributed by atoms with Crippen LogP contribution in [0.3, 0.4) is 0 Å². The maximum atomic E-state index is 14.7. The van der Waals surface area contributed by atoms with Gasteiger partial charge in [0.05, 0.1) is 17.9 Å². The molecule has 3 aromatic rings. The molecule has 0 aliphatic carbocycles. The number of H-pyrrole nitrogens is 1. The number of ether oxygens (including phenoxy) is 1. The van der Waals surface area contributed by atoms with Gasteiger partial charge in [-0.2, -0.15) is 13.2 Å². The minimum Gasteiger partial charge on any atom is -0.488 e. The summed E-state index contributed by atoms with van der Waals surface area (Å²) in [4.78, 5) is 28.4. The van der Waals surface area contributed by atoms with Crippen LogP contribution in [0.2, 0.25) is 0 Å². The monoisotopic (exact) mass is 506 g/mol. The molecule has 0 atom stereocenters. The fraction of sp³-hybridized carbons (Fsp3) is 0.280. The van der Waals surface area contributed by atoms with Gasteiger partial charge < -0.3 is 25.3 Å². The number of hydrogen-bond acceptors (Lipinski definition) is 4. The van der Waals surface area contributed by atoms with Gasteiger partial charge in [-0.15, -0.1) is 0 Å². The fourth-order valence-corrected chi connectivity index (χ4v) is 3.45. The van der Waals surface area contributed by atoms with Gasteiger partial charge in [0.2, 0.25) is 0 Å². The van der Waals surface area contributed by atoms with Gasteiger partial charge in [-0.1, -0.05) is 12.1 Å². The van der Waals surface area contributed by atoms with Gasteiger partial charge >= 0.3 is 12.2 Å². The van der Waals surface area contributed by atoms with E-state index < -0.39 is 29.1 Å². The van der Waals surface area contributed by atoms with Crippen molar-refractivity contribution in [2.24, 2.45) is 0 Å². The topological polar surface area (TPSA) is 86.5 Å². The molecule has 2 amide bonds. The molecule has 3 rings (SSSR count). The summed E-state index contributed by atoms with van der Waals surface area (Å²) in [7, 11) is 3.52. The smallest absolute Gasteiger partial charge is 0.416 e. The van der Waals surface area contributed by atoms with Gasteiger partial charge in [0.1, 0.15) is 5.82 Å². The van der Waals surface area contributed by atoms with Crippen molar-refractivity contribution in [1.29, 1.82) is 0 Å². The number of rotatable bonds is 8. The highest BCUT2D eigenvalue weighted by Gasteiger charge is 2.33. The first-order valence-corrected chi connectivity index (χ1v) is 11.1. The predicted octanol–water partition coefficient (Wildman–Crippen LogP) is 5.35. The third kappa shape index (κ3) is 6.85. The van der Waals surface area contributed by atoms with Crippen LogP contribution < -0.4 is 20.9 Å². The number of carbonyl (C=O) groups excluding carboxylic acids is 1. The molecular weight excluding hydrogens is 480 g/mol. The van der Waals surface area contributed by atoms with Crippen molar-refractivity contribution in [3.63, 3.8) is 0 Å². The molecule has 0 saturated heterocycles. The fourth-order valence-electron chi connectivity index (χ4n) is 3.45. The minimum atomic E-state index is -4.60. The Morgan fingerprint density at radius 2 is 1.81 bits per heavy atom. The zero-order valence-electron chi connectivity index (χ0n) is 19.9. The van der Waals surface area contributed by atoms with Gasteiger partial charge in [-0.05, 0) is 68.9 Å². The molecule has 11 heteroatoms. The highest BCUT2D eigenvalue weighted by atomic mass is 19.4. The summed E-state index contributed by atoms with van der Waals surface area (Å²) in [5, 5.41) is 4.61. The zero-order chi connectivity index (χ0) is 26.5. The lowest BCUT2D eigenvalue weighted by Crippen LogP contribution is -2.21. The molecule has 0 aliphatic rings. The SMILES string of the molecule is CCOc1cc(-c2ccc(NC(=O)Nc3ccc(CCN(C)C)c(C(F)(F)F)c3)c(F)c2)c[nH]c1=O. The first-order chi connectivity index (χ1) is 17.0. The van der Waals surface area contributed by atoms with E-state index in [4.69, 9.17) is 4.74 Å². The van der Waals surface area contributed by atoms with Crippen LogP contribution in [0, 0.1) is 5.82 Å². The molecule has 2 aromatic carbocycles. The van der Waals surface area contributed by atoms with E-state index in [2.05, 4.69) is 15.6 Å². The summed E-state index contributed by atoms with van der Waals surface area (Å²) < 4.78 is 60.6. The Balaban J connectivity index is 1.75. The zero-order valence-corrected chi connectivity index (χ0v) is 19.9. The summed E-state index contributed by atoms with van der Waals surface area (Å²) in [6.07, 6.45) is -3.01. The van der Waals surface area contributed by atoms with Crippen LogP contribution in [0.15, 0.2) is 53.5 Å². The van der Waals surface area contributed by atoms with Gasteiger partial charge in [-0.3, -0.25) is 4.79 Å². The minimum absolute atomic E-state index is 0.0813. The summed E-state index contributed by atoms with van der Waals surface area (Å²) in [6.45, 7) is 2.43. The number of carbonyl (C=O) groups is 1. The number of hydrogen-bond donors (Lipinski definition) is 3. The van der Waals surface area contributed by atoms with E-state index in [0.717, 1.165) is 12.1 Å². The Morgan fingerprint density at radius 1 is 1.06 bits per heavy atom.